The third-order valence-electron chi connectivity index (χ3n) is 2.64. The van der Waals surface area contributed by atoms with Crippen LogP contribution in [0.15, 0.2) is 48.9 Å². The van der Waals surface area contributed by atoms with Crippen molar-refractivity contribution in [2.24, 2.45) is 0 Å². The number of benzene rings is 1. The number of rotatable bonds is 2. The van der Waals surface area contributed by atoms with Crippen molar-refractivity contribution >= 4 is 23.0 Å². The summed E-state index contributed by atoms with van der Waals surface area (Å²) in [4.78, 5) is 16.5. The highest BCUT2D eigenvalue weighted by Gasteiger charge is 2.14. The van der Waals surface area contributed by atoms with Crippen molar-refractivity contribution in [1.82, 2.24) is 14.6 Å². The Balaban J connectivity index is 2.15. The van der Waals surface area contributed by atoms with Crippen LogP contribution in [0.3, 0.4) is 0 Å². The van der Waals surface area contributed by atoms with Gasteiger partial charge in [-0.05, 0) is 24.3 Å². The number of ketones is 1. The Morgan fingerprint density at radius 1 is 1.22 bits per heavy atom. The Labute approximate surface area is 108 Å². The summed E-state index contributed by atoms with van der Waals surface area (Å²) < 4.78 is 1.57. The first-order valence-electron chi connectivity index (χ1n) is 5.34. The van der Waals surface area contributed by atoms with Crippen LogP contribution in [0.25, 0.3) is 5.65 Å². The van der Waals surface area contributed by atoms with Gasteiger partial charge in [0.25, 0.3) is 0 Å². The topological polar surface area (TPSA) is 47.3 Å². The van der Waals surface area contributed by atoms with Gasteiger partial charge in [-0.2, -0.15) is 5.10 Å². The molecule has 4 nitrogen and oxygen atoms in total. The van der Waals surface area contributed by atoms with Crippen molar-refractivity contribution in [3.8, 4) is 0 Å². The number of fused-ring (bicyclic) bond motifs is 1. The molecule has 1 aromatic carbocycles. The molecule has 18 heavy (non-hydrogen) atoms. The summed E-state index contributed by atoms with van der Waals surface area (Å²) in [5, 5.41) is 4.54. The minimum Gasteiger partial charge on any atom is -0.288 e. The number of halogens is 1. The van der Waals surface area contributed by atoms with Crippen LogP contribution in [0.4, 0.5) is 0 Å². The maximum atomic E-state index is 12.4. The smallest absolute Gasteiger partial charge is 0.196 e. The summed E-state index contributed by atoms with van der Waals surface area (Å²) in [6, 6.07) is 10.3. The third kappa shape index (κ3) is 1.76. The van der Waals surface area contributed by atoms with Crippen molar-refractivity contribution in [1.29, 1.82) is 0 Å². The van der Waals surface area contributed by atoms with Gasteiger partial charge in [-0.1, -0.05) is 23.7 Å². The summed E-state index contributed by atoms with van der Waals surface area (Å²) in [6.07, 6.45) is 3.17. The zero-order valence-corrected chi connectivity index (χ0v) is 10.0. The summed E-state index contributed by atoms with van der Waals surface area (Å²) >= 11 is 5.89. The van der Waals surface area contributed by atoms with E-state index in [1.807, 2.05) is 0 Å². The second kappa shape index (κ2) is 4.23. The number of carbonyl (C=O) groups is 1. The van der Waals surface area contributed by atoms with Crippen molar-refractivity contribution in [2.45, 2.75) is 0 Å². The molecule has 0 N–H and O–H groups in total. The molecule has 0 unspecified atom stereocenters. The van der Waals surface area contributed by atoms with Gasteiger partial charge in [0.2, 0.25) is 0 Å². The summed E-state index contributed by atoms with van der Waals surface area (Å²) in [7, 11) is 0. The van der Waals surface area contributed by atoms with E-state index in [0.717, 1.165) is 0 Å². The van der Waals surface area contributed by atoms with Gasteiger partial charge in [0.15, 0.2) is 11.4 Å². The van der Waals surface area contributed by atoms with E-state index in [0.29, 0.717) is 21.8 Å². The third-order valence-corrected chi connectivity index (χ3v) is 2.87. The maximum Gasteiger partial charge on any atom is 0.196 e. The lowest BCUT2D eigenvalue weighted by Gasteiger charge is -2.02. The van der Waals surface area contributed by atoms with Crippen molar-refractivity contribution in [3.63, 3.8) is 0 Å². The molecule has 2 heterocycles. The summed E-state index contributed by atoms with van der Waals surface area (Å²) in [6.45, 7) is 0. The molecule has 0 atom stereocenters. The first kappa shape index (κ1) is 10.9. The Hall–Kier alpha value is -2.20. The maximum absolute atomic E-state index is 12.4. The minimum absolute atomic E-state index is 0.115. The molecule has 0 aliphatic carbocycles. The number of aromatic nitrogens is 3. The molecule has 0 spiro atoms. The molecular weight excluding hydrogens is 250 g/mol. The van der Waals surface area contributed by atoms with E-state index < -0.39 is 0 Å². The van der Waals surface area contributed by atoms with Gasteiger partial charge < -0.3 is 0 Å². The molecule has 5 heteroatoms. The number of carbonyl (C=O) groups excluding carboxylic acids is 1. The van der Waals surface area contributed by atoms with E-state index in [1.165, 1.54) is 6.33 Å². The van der Waals surface area contributed by atoms with E-state index in [-0.39, 0.29) is 5.78 Å². The van der Waals surface area contributed by atoms with Gasteiger partial charge in [-0.3, -0.25) is 4.79 Å². The Morgan fingerprint density at radius 3 is 2.94 bits per heavy atom. The monoisotopic (exact) mass is 257 g/mol. The Kier molecular flexibility index (Phi) is 2.57. The van der Waals surface area contributed by atoms with Gasteiger partial charge >= 0.3 is 0 Å². The Morgan fingerprint density at radius 2 is 2.11 bits per heavy atom. The molecule has 0 fully saturated rings. The average molecular weight is 258 g/mol. The lowest BCUT2D eigenvalue weighted by molar-refractivity contribution is 0.103. The second-order valence-electron chi connectivity index (χ2n) is 3.79. The van der Waals surface area contributed by atoms with Crippen LogP contribution < -0.4 is 0 Å². The van der Waals surface area contributed by atoms with Crippen LogP contribution in [0.2, 0.25) is 5.02 Å². The first-order valence-corrected chi connectivity index (χ1v) is 5.72. The van der Waals surface area contributed by atoms with Gasteiger partial charge in [0, 0.05) is 16.8 Å². The van der Waals surface area contributed by atoms with E-state index in [1.54, 1.807) is 47.1 Å². The summed E-state index contributed by atoms with van der Waals surface area (Å²) in [5.74, 6) is -0.115. The van der Waals surface area contributed by atoms with E-state index in [4.69, 9.17) is 11.6 Å². The van der Waals surface area contributed by atoms with E-state index in [9.17, 15) is 4.79 Å². The van der Waals surface area contributed by atoms with Crippen LogP contribution in [0, 0.1) is 0 Å². The number of hydrogen-bond donors (Lipinski definition) is 0. The van der Waals surface area contributed by atoms with Crippen LogP contribution in [-0.2, 0) is 0 Å². The first-order chi connectivity index (χ1) is 8.75. The van der Waals surface area contributed by atoms with Crippen LogP contribution >= 0.6 is 11.6 Å². The molecule has 2 aromatic heterocycles. The van der Waals surface area contributed by atoms with Crippen LogP contribution in [0.5, 0.6) is 0 Å². The quantitative estimate of drug-likeness (QED) is 0.663. The lowest BCUT2D eigenvalue weighted by Crippen LogP contribution is -2.04. The normalized spacial score (nSPS) is 10.7. The van der Waals surface area contributed by atoms with Crippen molar-refractivity contribution in [3.05, 3.63) is 65.1 Å². The van der Waals surface area contributed by atoms with E-state index >= 15 is 0 Å². The van der Waals surface area contributed by atoms with Gasteiger partial charge in [0.05, 0.1) is 5.56 Å². The molecule has 0 aliphatic heterocycles. The molecule has 0 saturated carbocycles. The minimum atomic E-state index is -0.115. The summed E-state index contributed by atoms with van der Waals surface area (Å²) in [5.41, 5.74) is 1.60. The van der Waals surface area contributed by atoms with E-state index in [2.05, 4.69) is 10.1 Å². The molecule has 88 valence electrons. The van der Waals surface area contributed by atoms with Gasteiger partial charge in [-0.15, -0.1) is 0 Å². The molecule has 0 radical (unpaired) electrons. The SMILES string of the molecule is O=C(c1cccc(Cl)c1)c1cccn2ncnc12. The van der Waals surface area contributed by atoms with Gasteiger partial charge in [0.1, 0.15) is 6.33 Å². The molecule has 3 rings (SSSR count). The highest BCUT2D eigenvalue weighted by Crippen LogP contribution is 2.17. The average Bonchev–Trinajstić information content (AvgIpc) is 2.86. The predicted molar refractivity (Wildman–Crippen MR) is 67.9 cm³/mol. The molecule has 3 aromatic rings. The zero-order valence-electron chi connectivity index (χ0n) is 9.25. The fourth-order valence-corrected chi connectivity index (χ4v) is 2.00. The molecule has 0 saturated heterocycles. The fraction of sp³-hybridized carbons (Fsp3) is 0. The Bertz CT molecular complexity index is 736. The lowest BCUT2D eigenvalue weighted by atomic mass is 10.0. The van der Waals surface area contributed by atoms with Crippen molar-refractivity contribution < 1.29 is 4.79 Å². The number of pyridine rings is 1. The highest BCUT2D eigenvalue weighted by molar-refractivity contribution is 6.31. The number of nitrogens with zero attached hydrogens (tertiary/aromatic N) is 3. The highest BCUT2D eigenvalue weighted by atomic mass is 35.5. The predicted octanol–water partition coefficient (Wildman–Crippen LogP) is 2.61. The van der Waals surface area contributed by atoms with Gasteiger partial charge in [-0.25, -0.2) is 9.50 Å². The molecular formula is C13H8ClN3O. The van der Waals surface area contributed by atoms with Crippen LogP contribution in [-0.4, -0.2) is 20.4 Å². The standard InChI is InChI=1S/C13H8ClN3O/c14-10-4-1-3-9(7-10)12(18)11-5-2-6-17-13(11)15-8-16-17/h1-8H. The molecule has 0 bridgehead atoms. The second-order valence-corrected chi connectivity index (χ2v) is 4.23. The van der Waals surface area contributed by atoms with Crippen molar-refractivity contribution in [2.75, 3.05) is 0 Å². The molecule has 0 amide bonds. The zero-order chi connectivity index (χ0) is 12.5. The molecule has 0 aliphatic rings. The fourth-order valence-electron chi connectivity index (χ4n) is 1.81. The van der Waals surface area contributed by atoms with Crippen LogP contribution in [0.1, 0.15) is 15.9 Å². The number of hydrogen-bond acceptors (Lipinski definition) is 3. The largest absolute Gasteiger partial charge is 0.288 e.